The van der Waals surface area contributed by atoms with Gasteiger partial charge in [-0.1, -0.05) is 0 Å². The number of anilines is 1. The molecule has 3 heterocycles. The first-order valence-electron chi connectivity index (χ1n) is 8.38. The lowest BCUT2D eigenvalue weighted by Crippen LogP contribution is -2.35. The van der Waals surface area contributed by atoms with Gasteiger partial charge >= 0.3 is 5.97 Å². The van der Waals surface area contributed by atoms with Gasteiger partial charge in [0.1, 0.15) is 29.3 Å². The van der Waals surface area contributed by atoms with Crippen LogP contribution >= 0.6 is 0 Å². The molecule has 0 spiro atoms. The third-order valence-corrected chi connectivity index (χ3v) is 4.50. The van der Waals surface area contributed by atoms with Gasteiger partial charge in [-0.3, -0.25) is 19.0 Å². The Bertz CT molecular complexity index is 931. The molecule has 9 heteroatoms. The summed E-state index contributed by atoms with van der Waals surface area (Å²) in [5.74, 6) is -1.96. The summed E-state index contributed by atoms with van der Waals surface area (Å²) < 4.78 is 1.19. The summed E-state index contributed by atoms with van der Waals surface area (Å²) in [6, 6.07) is 3.37. The lowest BCUT2D eigenvalue weighted by molar-refractivity contribution is -0.135. The maximum Gasteiger partial charge on any atom is 0.322 e. The molecule has 0 saturated carbocycles. The molecule has 9 nitrogen and oxygen atoms in total. The van der Waals surface area contributed by atoms with Crippen molar-refractivity contribution in [3.8, 4) is 5.75 Å². The zero-order valence-electron chi connectivity index (χ0n) is 14.4. The van der Waals surface area contributed by atoms with Gasteiger partial charge in [-0.2, -0.15) is 0 Å². The third kappa shape index (κ3) is 3.19. The van der Waals surface area contributed by atoms with Gasteiger partial charge in [-0.15, -0.1) is 0 Å². The predicted molar refractivity (Wildman–Crippen MR) is 94.7 cm³/mol. The Hall–Kier alpha value is -3.10. The highest BCUT2D eigenvalue weighted by atomic mass is 16.4. The van der Waals surface area contributed by atoms with Gasteiger partial charge in [0.25, 0.3) is 11.5 Å². The maximum absolute atomic E-state index is 12.5. The number of hydrogen-bond donors (Lipinski definition) is 3. The molecule has 2 aromatic rings. The summed E-state index contributed by atoms with van der Waals surface area (Å²) in [6.45, 7) is 1.12. The topological polar surface area (TPSA) is 125 Å². The largest absolute Gasteiger partial charge is 0.506 e. The van der Waals surface area contributed by atoms with E-state index in [0.717, 1.165) is 31.7 Å². The predicted octanol–water partition coefficient (Wildman–Crippen LogP) is 0.444. The van der Waals surface area contributed by atoms with Gasteiger partial charge in [0.2, 0.25) is 0 Å². The quantitative estimate of drug-likeness (QED) is 0.723. The Morgan fingerprint density at radius 3 is 2.58 bits per heavy atom. The number of aryl methyl sites for hydroxylation is 1. The van der Waals surface area contributed by atoms with Crippen molar-refractivity contribution in [1.29, 1.82) is 0 Å². The van der Waals surface area contributed by atoms with E-state index in [-0.39, 0.29) is 11.0 Å². The van der Waals surface area contributed by atoms with Crippen molar-refractivity contribution in [2.75, 3.05) is 24.5 Å². The zero-order chi connectivity index (χ0) is 18.8. The fraction of sp³-hybridized carbons (Fsp3) is 0.412. The molecule has 0 radical (unpaired) electrons. The zero-order valence-corrected chi connectivity index (χ0v) is 14.4. The van der Waals surface area contributed by atoms with Gasteiger partial charge < -0.3 is 20.4 Å². The third-order valence-electron chi connectivity index (χ3n) is 4.50. The van der Waals surface area contributed by atoms with E-state index in [9.17, 15) is 19.5 Å². The molecule has 26 heavy (non-hydrogen) atoms. The first-order chi connectivity index (χ1) is 12.4. The van der Waals surface area contributed by atoms with Gasteiger partial charge in [0, 0.05) is 20.1 Å². The molecule has 0 aromatic carbocycles. The molecule has 1 aliphatic rings. The molecule has 1 saturated heterocycles. The number of hydrogen-bond acceptors (Lipinski definition) is 6. The van der Waals surface area contributed by atoms with Crippen LogP contribution in [0, 0.1) is 0 Å². The number of nitrogens with zero attached hydrogens (tertiary/aromatic N) is 3. The summed E-state index contributed by atoms with van der Waals surface area (Å²) in [5.41, 5.74) is -0.958. The van der Waals surface area contributed by atoms with Crippen molar-refractivity contribution in [2.45, 2.75) is 19.3 Å². The minimum Gasteiger partial charge on any atom is -0.506 e. The van der Waals surface area contributed by atoms with Crippen molar-refractivity contribution in [3.05, 3.63) is 28.0 Å². The number of carbonyl (C=O) groups excluding carboxylic acids is 1. The monoisotopic (exact) mass is 360 g/mol. The molecule has 0 aliphatic carbocycles. The van der Waals surface area contributed by atoms with E-state index in [4.69, 9.17) is 5.11 Å². The second kappa shape index (κ2) is 7.03. The average Bonchev–Trinajstić information content (AvgIpc) is 2.65. The van der Waals surface area contributed by atoms with Crippen LogP contribution in [0.1, 0.15) is 29.6 Å². The molecule has 0 bridgehead atoms. The molecule has 138 valence electrons. The van der Waals surface area contributed by atoms with Crippen LogP contribution in [0.25, 0.3) is 11.0 Å². The number of nitrogens with one attached hydrogen (secondary N) is 1. The van der Waals surface area contributed by atoms with Crippen LogP contribution in [-0.4, -0.2) is 51.3 Å². The fourth-order valence-electron chi connectivity index (χ4n) is 3.13. The summed E-state index contributed by atoms with van der Waals surface area (Å²) in [7, 11) is 1.46. The Balaban J connectivity index is 2.06. The summed E-state index contributed by atoms with van der Waals surface area (Å²) in [6.07, 6.45) is 3.33. The molecule has 3 N–H and O–H groups in total. The number of rotatable bonds is 4. The Kier molecular flexibility index (Phi) is 4.79. The van der Waals surface area contributed by atoms with Gasteiger partial charge in [-0.25, -0.2) is 4.98 Å². The minimum atomic E-state index is -1.25. The van der Waals surface area contributed by atoms with Gasteiger partial charge in [0.15, 0.2) is 0 Å². The van der Waals surface area contributed by atoms with Crippen LogP contribution in [0.3, 0.4) is 0 Å². The number of amides is 1. The van der Waals surface area contributed by atoms with E-state index in [2.05, 4.69) is 15.2 Å². The molecule has 1 amide bonds. The lowest BCUT2D eigenvalue weighted by atomic mass is 10.1. The van der Waals surface area contributed by atoms with Crippen molar-refractivity contribution >= 4 is 28.7 Å². The molecule has 0 unspecified atom stereocenters. The summed E-state index contributed by atoms with van der Waals surface area (Å²) in [4.78, 5) is 41.9. The van der Waals surface area contributed by atoms with Crippen LogP contribution < -0.4 is 15.8 Å². The van der Waals surface area contributed by atoms with Crippen LogP contribution in [0.15, 0.2) is 16.9 Å². The lowest BCUT2D eigenvalue weighted by Gasteiger charge is -2.28. The normalized spacial score (nSPS) is 14.4. The number of piperidine rings is 1. The van der Waals surface area contributed by atoms with Crippen molar-refractivity contribution in [2.24, 2.45) is 7.05 Å². The first-order valence-corrected chi connectivity index (χ1v) is 8.38. The smallest absolute Gasteiger partial charge is 0.322 e. The standard InChI is InChI=1S/C17H20N4O5/c1-20-15-10(5-6-11(19-15)21-7-3-2-4-8-21)14(24)13(17(20)26)16(25)18-9-12(22)23/h5-6,24H,2-4,7-9H2,1H3,(H,18,25)(H,22,23). The van der Waals surface area contributed by atoms with Crippen LogP contribution in [0.2, 0.25) is 0 Å². The van der Waals surface area contributed by atoms with Crippen molar-refractivity contribution in [3.63, 3.8) is 0 Å². The molecular formula is C17H20N4O5. The molecule has 1 fully saturated rings. The Labute approximate surface area is 148 Å². The van der Waals surface area contributed by atoms with E-state index >= 15 is 0 Å². The highest BCUT2D eigenvalue weighted by Crippen LogP contribution is 2.28. The Morgan fingerprint density at radius 2 is 1.92 bits per heavy atom. The summed E-state index contributed by atoms with van der Waals surface area (Å²) >= 11 is 0. The number of aromatic hydroxyl groups is 1. The highest BCUT2D eigenvalue weighted by Gasteiger charge is 2.23. The van der Waals surface area contributed by atoms with E-state index < -0.39 is 35.3 Å². The van der Waals surface area contributed by atoms with Crippen molar-refractivity contribution < 1.29 is 19.8 Å². The maximum atomic E-state index is 12.5. The molecule has 1 aliphatic heterocycles. The molecular weight excluding hydrogens is 340 g/mol. The molecule has 0 atom stereocenters. The number of aromatic nitrogens is 2. The number of pyridine rings is 2. The van der Waals surface area contributed by atoms with Crippen LogP contribution in [0.4, 0.5) is 5.82 Å². The van der Waals surface area contributed by atoms with Crippen LogP contribution in [-0.2, 0) is 11.8 Å². The highest BCUT2D eigenvalue weighted by molar-refractivity contribution is 6.02. The average molecular weight is 360 g/mol. The number of fused-ring (bicyclic) bond motifs is 1. The summed E-state index contributed by atoms with van der Waals surface area (Å²) in [5, 5.41) is 21.4. The van der Waals surface area contributed by atoms with E-state index in [0.29, 0.717) is 0 Å². The van der Waals surface area contributed by atoms with Gasteiger partial charge in [0.05, 0.1) is 5.39 Å². The second-order valence-electron chi connectivity index (χ2n) is 6.25. The number of carboxylic acids is 1. The fourth-order valence-corrected chi connectivity index (χ4v) is 3.13. The SMILES string of the molecule is Cn1c(=O)c(C(=O)NCC(=O)O)c(O)c2ccc(N3CCCCC3)nc21. The van der Waals surface area contributed by atoms with E-state index in [1.807, 2.05) is 0 Å². The minimum absolute atomic E-state index is 0.258. The number of aliphatic carboxylic acids is 1. The number of carboxylic acid groups (broad SMARTS) is 1. The van der Waals surface area contributed by atoms with Crippen molar-refractivity contribution in [1.82, 2.24) is 14.9 Å². The van der Waals surface area contributed by atoms with E-state index in [1.54, 1.807) is 12.1 Å². The van der Waals surface area contributed by atoms with Gasteiger partial charge in [-0.05, 0) is 31.4 Å². The molecule has 2 aromatic heterocycles. The molecule has 3 rings (SSSR count). The number of carbonyl (C=O) groups is 2. The Morgan fingerprint density at radius 1 is 1.23 bits per heavy atom. The first kappa shape index (κ1) is 17.7. The van der Waals surface area contributed by atoms with E-state index in [1.165, 1.54) is 18.0 Å². The van der Waals surface area contributed by atoms with Crippen LogP contribution in [0.5, 0.6) is 5.75 Å². The second-order valence-corrected chi connectivity index (χ2v) is 6.25.